The third-order valence-corrected chi connectivity index (χ3v) is 7.83. The normalized spacial score (nSPS) is 27.9. The van der Waals surface area contributed by atoms with Crippen LogP contribution in [-0.2, 0) is 11.2 Å². The van der Waals surface area contributed by atoms with E-state index in [-0.39, 0.29) is 33.7 Å². The van der Waals surface area contributed by atoms with Gasteiger partial charge < -0.3 is 16.8 Å². The molecule has 1 aromatic heterocycles. The van der Waals surface area contributed by atoms with Crippen molar-refractivity contribution in [2.24, 2.45) is 17.6 Å². The highest BCUT2D eigenvalue weighted by Crippen LogP contribution is 2.59. The summed E-state index contributed by atoms with van der Waals surface area (Å²) < 4.78 is 13.9. The van der Waals surface area contributed by atoms with Crippen LogP contribution in [0, 0.1) is 17.7 Å². The molecule has 154 valence electrons. The van der Waals surface area contributed by atoms with Gasteiger partial charge in [0, 0.05) is 16.5 Å². The van der Waals surface area contributed by atoms with Gasteiger partial charge in [-0.15, -0.1) is 0 Å². The number of aryl methyl sites for hydroxylation is 1. The minimum Gasteiger partial charge on any atom is -0.399 e. The molecule has 2 aliphatic rings. The highest BCUT2D eigenvalue weighted by Gasteiger charge is 2.60. The van der Waals surface area contributed by atoms with Gasteiger partial charge >= 0.3 is 0 Å². The van der Waals surface area contributed by atoms with Crippen molar-refractivity contribution in [3.8, 4) is 0 Å². The number of thioether (sulfide) groups is 1. The number of primary amides is 1. The van der Waals surface area contributed by atoms with Crippen LogP contribution in [0.4, 0.5) is 15.9 Å². The maximum Gasteiger partial charge on any atom is 0.224 e. The minimum atomic E-state index is -0.594. The maximum absolute atomic E-state index is 14.1. The topological polar surface area (TPSA) is 107 Å². The average molecular weight is 436 g/mol. The van der Waals surface area contributed by atoms with E-state index < -0.39 is 11.7 Å². The number of benzene rings is 1. The SMILES string of the molecule is NC(=O)C1C(Nc2nc(Cl)ncc2F)C2CCC1(SCCc1cccc(N)c1)C2. The Hall–Kier alpha value is -2.06. The van der Waals surface area contributed by atoms with Crippen molar-refractivity contribution in [3.63, 3.8) is 0 Å². The Bertz CT molecular complexity index is 931. The van der Waals surface area contributed by atoms with Crippen molar-refractivity contribution in [2.45, 2.75) is 36.5 Å². The number of nitrogens with zero attached hydrogens (tertiary/aromatic N) is 2. The summed E-state index contributed by atoms with van der Waals surface area (Å²) in [5, 5.41) is 3.07. The first kappa shape index (κ1) is 20.2. The molecule has 2 bridgehead atoms. The lowest BCUT2D eigenvalue weighted by Crippen LogP contribution is -2.49. The van der Waals surface area contributed by atoms with Gasteiger partial charge in [-0.05, 0) is 66.7 Å². The molecular weight excluding hydrogens is 413 g/mol. The number of rotatable bonds is 7. The van der Waals surface area contributed by atoms with E-state index in [9.17, 15) is 9.18 Å². The first-order chi connectivity index (χ1) is 13.9. The molecule has 4 atom stereocenters. The molecule has 2 fully saturated rings. The zero-order valence-corrected chi connectivity index (χ0v) is 17.3. The second kappa shape index (κ2) is 7.99. The van der Waals surface area contributed by atoms with E-state index in [4.69, 9.17) is 23.1 Å². The van der Waals surface area contributed by atoms with Crippen LogP contribution in [0.1, 0.15) is 24.8 Å². The van der Waals surface area contributed by atoms with Crippen LogP contribution in [-0.4, -0.2) is 32.4 Å². The fourth-order valence-corrected chi connectivity index (χ4v) is 6.76. The molecule has 0 saturated heterocycles. The molecule has 0 spiro atoms. The summed E-state index contributed by atoms with van der Waals surface area (Å²) in [6, 6.07) is 7.58. The minimum absolute atomic E-state index is 0.0220. The Kier molecular flexibility index (Phi) is 5.57. The largest absolute Gasteiger partial charge is 0.399 e. The maximum atomic E-state index is 14.1. The summed E-state index contributed by atoms with van der Waals surface area (Å²) in [5.41, 5.74) is 13.6. The van der Waals surface area contributed by atoms with Crippen LogP contribution >= 0.6 is 23.4 Å². The van der Waals surface area contributed by atoms with E-state index in [0.29, 0.717) is 0 Å². The van der Waals surface area contributed by atoms with E-state index >= 15 is 0 Å². The fraction of sp³-hybridized carbons (Fsp3) is 0.450. The van der Waals surface area contributed by atoms with Crippen LogP contribution in [0.2, 0.25) is 5.28 Å². The number of amides is 1. The van der Waals surface area contributed by atoms with Crippen LogP contribution in [0.15, 0.2) is 30.5 Å². The number of hydrogen-bond acceptors (Lipinski definition) is 6. The number of hydrogen-bond donors (Lipinski definition) is 3. The fourth-order valence-electron chi connectivity index (χ4n) is 4.85. The van der Waals surface area contributed by atoms with Crippen molar-refractivity contribution < 1.29 is 9.18 Å². The summed E-state index contributed by atoms with van der Waals surface area (Å²) in [7, 11) is 0. The molecule has 2 saturated carbocycles. The molecule has 5 N–H and O–H groups in total. The number of aromatic nitrogens is 2. The summed E-state index contributed by atoms with van der Waals surface area (Å²) in [4.78, 5) is 20.0. The van der Waals surface area contributed by atoms with Crippen molar-refractivity contribution in [3.05, 3.63) is 47.1 Å². The first-order valence-electron chi connectivity index (χ1n) is 9.60. The highest BCUT2D eigenvalue weighted by atomic mass is 35.5. The summed E-state index contributed by atoms with van der Waals surface area (Å²) in [6.07, 6.45) is 4.66. The summed E-state index contributed by atoms with van der Waals surface area (Å²) in [6.45, 7) is 0. The number of nitrogens with one attached hydrogen (secondary N) is 1. The Morgan fingerprint density at radius 1 is 1.45 bits per heavy atom. The van der Waals surface area contributed by atoms with Crippen molar-refractivity contribution in [1.29, 1.82) is 0 Å². The van der Waals surface area contributed by atoms with Crippen molar-refractivity contribution >= 4 is 40.8 Å². The first-order valence-corrected chi connectivity index (χ1v) is 11.0. The molecule has 1 heterocycles. The number of carbonyl (C=O) groups is 1. The van der Waals surface area contributed by atoms with Crippen molar-refractivity contribution in [2.75, 3.05) is 16.8 Å². The monoisotopic (exact) mass is 435 g/mol. The van der Waals surface area contributed by atoms with Gasteiger partial charge in [-0.2, -0.15) is 16.7 Å². The van der Waals surface area contributed by atoms with E-state index in [1.54, 1.807) is 11.8 Å². The third-order valence-electron chi connectivity index (χ3n) is 6.04. The predicted octanol–water partition coefficient (Wildman–Crippen LogP) is 3.26. The van der Waals surface area contributed by atoms with Gasteiger partial charge in [0.15, 0.2) is 11.6 Å². The Morgan fingerprint density at radius 3 is 3.03 bits per heavy atom. The molecular formula is C20H23ClFN5OS. The summed E-state index contributed by atoms with van der Waals surface area (Å²) in [5.74, 6) is -0.236. The van der Waals surface area contributed by atoms with Crippen LogP contribution in [0.5, 0.6) is 0 Å². The second-order valence-corrected chi connectivity index (χ2v) is 9.64. The van der Waals surface area contributed by atoms with E-state index in [2.05, 4.69) is 21.4 Å². The second-order valence-electron chi connectivity index (χ2n) is 7.80. The molecule has 9 heteroatoms. The van der Waals surface area contributed by atoms with Gasteiger partial charge in [-0.3, -0.25) is 4.79 Å². The zero-order valence-electron chi connectivity index (χ0n) is 15.8. The van der Waals surface area contributed by atoms with Gasteiger partial charge in [-0.1, -0.05) is 12.1 Å². The number of halogens is 2. The molecule has 2 aromatic rings. The molecule has 1 aromatic carbocycles. The van der Waals surface area contributed by atoms with Crippen molar-refractivity contribution in [1.82, 2.24) is 9.97 Å². The third kappa shape index (κ3) is 4.00. The van der Waals surface area contributed by atoms with Gasteiger partial charge in [0.2, 0.25) is 11.2 Å². The molecule has 6 nitrogen and oxygen atoms in total. The molecule has 29 heavy (non-hydrogen) atoms. The van der Waals surface area contributed by atoms with E-state index in [0.717, 1.165) is 43.3 Å². The number of nitrogens with two attached hydrogens (primary N) is 2. The molecule has 1 amide bonds. The lowest BCUT2D eigenvalue weighted by molar-refractivity contribution is -0.123. The van der Waals surface area contributed by atoms with E-state index in [1.807, 2.05) is 18.2 Å². The number of nitrogen functional groups attached to an aromatic ring is 1. The average Bonchev–Trinajstić information content (AvgIpc) is 3.21. The lowest BCUT2D eigenvalue weighted by Gasteiger charge is -2.37. The molecule has 2 aliphatic carbocycles. The summed E-state index contributed by atoms with van der Waals surface area (Å²) >= 11 is 7.61. The lowest BCUT2D eigenvalue weighted by atomic mass is 9.83. The standard InChI is InChI=1S/C20H23ClFN5OS/c21-19-25-10-14(22)18(27-19)26-16-12-4-6-20(9-12,15(16)17(24)28)29-7-5-11-2-1-3-13(23)8-11/h1-3,8,10,12,15-16H,4-7,9,23H2,(H2,24,28)(H,25,26,27). The van der Waals surface area contributed by atoms with E-state index in [1.165, 1.54) is 5.56 Å². The van der Waals surface area contributed by atoms with Crippen LogP contribution < -0.4 is 16.8 Å². The molecule has 4 rings (SSSR count). The van der Waals surface area contributed by atoms with Crippen LogP contribution in [0.25, 0.3) is 0 Å². The zero-order chi connectivity index (χ0) is 20.6. The van der Waals surface area contributed by atoms with Gasteiger partial charge in [-0.25, -0.2) is 9.37 Å². The smallest absolute Gasteiger partial charge is 0.224 e. The number of carbonyl (C=O) groups excluding carboxylic acids is 1. The molecule has 0 aliphatic heterocycles. The Labute approximate surface area is 178 Å². The van der Waals surface area contributed by atoms with Gasteiger partial charge in [0.1, 0.15) is 0 Å². The Balaban J connectivity index is 1.50. The number of fused-ring (bicyclic) bond motifs is 2. The number of anilines is 2. The van der Waals surface area contributed by atoms with Gasteiger partial charge in [0.05, 0.1) is 12.1 Å². The van der Waals surface area contributed by atoms with Gasteiger partial charge in [0.25, 0.3) is 0 Å². The molecule has 0 radical (unpaired) electrons. The predicted molar refractivity (Wildman–Crippen MR) is 114 cm³/mol. The quantitative estimate of drug-likeness (QED) is 0.455. The highest BCUT2D eigenvalue weighted by molar-refractivity contribution is 8.00. The van der Waals surface area contributed by atoms with Crippen LogP contribution in [0.3, 0.4) is 0 Å². The molecule has 4 unspecified atom stereocenters. The Morgan fingerprint density at radius 2 is 2.28 bits per heavy atom.